The molecule has 0 saturated carbocycles. The van der Waals surface area contributed by atoms with Gasteiger partial charge in [0.05, 0.1) is 0 Å². The molecule has 1 amide bonds. The van der Waals surface area contributed by atoms with Gasteiger partial charge in [0.2, 0.25) is 5.91 Å². The highest BCUT2D eigenvalue weighted by Crippen LogP contribution is 2.18. The van der Waals surface area contributed by atoms with Crippen LogP contribution in [0.15, 0.2) is 41.8 Å². The quantitative estimate of drug-likeness (QED) is 0.610. The Labute approximate surface area is 98.9 Å². The van der Waals surface area contributed by atoms with Crippen molar-refractivity contribution >= 4 is 17.7 Å². The molecule has 4 heteroatoms. The highest BCUT2D eigenvalue weighted by atomic mass is 32.2. The molecule has 1 rings (SSSR count). The minimum Gasteiger partial charge on any atom is -0.353 e. The maximum Gasteiger partial charge on any atom is 0.221 e. The summed E-state index contributed by atoms with van der Waals surface area (Å²) in [6, 6.07) is 6.25. The van der Waals surface area contributed by atoms with Gasteiger partial charge in [0.15, 0.2) is 0 Å². The van der Waals surface area contributed by atoms with E-state index in [-0.39, 0.29) is 11.7 Å². The molecule has 2 nitrogen and oxygen atoms in total. The van der Waals surface area contributed by atoms with Gasteiger partial charge in [0.1, 0.15) is 5.82 Å². The Balaban J connectivity index is 2.22. The van der Waals surface area contributed by atoms with Gasteiger partial charge in [-0.1, -0.05) is 6.08 Å². The minimum atomic E-state index is -0.243. The Morgan fingerprint density at radius 3 is 2.75 bits per heavy atom. The molecule has 1 aromatic rings. The van der Waals surface area contributed by atoms with Crippen LogP contribution in [0, 0.1) is 5.82 Å². The van der Waals surface area contributed by atoms with Crippen LogP contribution in [0.5, 0.6) is 0 Å². The first-order chi connectivity index (χ1) is 7.72. The zero-order valence-electron chi connectivity index (χ0n) is 8.91. The topological polar surface area (TPSA) is 29.1 Å². The number of benzene rings is 1. The molecule has 0 atom stereocenters. The van der Waals surface area contributed by atoms with Gasteiger partial charge in [-0.15, -0.1) is 18.3 Å². The lowest BCUT2D eigenvalue weighted by atomic mass is 10.4. The molecule has 86 valence electrons. The van der Waals surface area contributed by atoms with E-state index in [1.807, 2.05) is 0 Å². The van der Waals surface area contributed by atoms with Gasteiger partial charge < -0.3 is 5.32 Å². The summed E-state index contributed by atoms with van der Waals surface area (Å²) in [7, 11) is 0. The molecular formula is C12H14FNOS. The van der Waals surface area contributed by atoms with Crippen LogP contribution < -0.4 is 5.32 Å². The van der Waals surface area contributed by atoms with Crippen molar-refractivity contribution in [2.24, 2.45) is 0 Å². The summed E-state index contributed by atoms with van der Waals surface area (Å²) in [5.41, 5.74) is 0. The molecule has 0 fully saturated rings. The lowest BCUT2D eigenvalue weighted by Gasteiger charge is -2.02. The fourth-order valence-corrected chi connectivity index (χ4v) is 1.92. The molecular weight excluding hydrogens is 225 g/mol. The van der Waals surface area contributed by atoms with Crippen LogP contribution in [-0.2, 0) is 4.79 Å². The Bertz CT molecular complexity index is 351. The summed E-state index contributed by atoms with van der Waals surface area (Å²) in [6.07, 6.45) is 2.10. The van der Waals surface area contributed by atoms with Crippen molar-refractivity contribution in [3.05, 3.63) is 42.7 Å². The molecule has 0 aromatic heterocycles. The van der Waals surface area contributed by atoms with Gasteiger partial charge >= 0.3 is 0 Å². The summed E-state index contributed by atoms with van der Waals surface area (Å²) in [6.45, 7) is 4.01. The first-order valence-corrected chi connectivity index (χ1v) is 5.97. The first kappa shape index (κ1) is 12.8. The lowest BCUT2D eigenvalue weighted by molar-refractivity contribution is -0.120. The summed E-state index contributed by atoms with van der Waals surface area (Å²) in [4.78, 5) is 12.2. The Kier molecular flexibility index (Phi) is 5.64. The van der Waals surface area contributed by atoms with E-state index in [4.69, 9.17) is 0 Å². The van der Waals surface area contributed by atoms with E-state index in [1.165, 1.54) is 23.9 Å². The molecule has 0 radical (unpaired) electrons. The first-order valence-electron chi connectivity index (χ1n) is 4.98. The SMILES string of the molecule is C=CCNC(=O)CCSc1ccc(F)cc1. The second-order valence-electron chi connectivity index (χ2n) is 3.15. The Hall–Kier alpha value is -1.29. The Morgan fingerprint density at radius 1 is 1.44 bits per heavy atom. The predicted molar refractivity (Wildman–Crippen MR) is 64.9 cm³/mol. The van der Waals surface area contributed by atoms with Crippen molar-refractivity contribution < 1.29 is 9.18 Å². The van der Waals surface area contributed by atoms with Crippen molar-refractivity contribution in [1.29, 1.82) is 0 Å². The number of hydrogen-bond donors (Lipinski definition) is 1. The Morgan fingerprint density at radius 2 is 2.12 bits per heavy atom. The maximum absolute atomic E-state index is 12.6. The van der Waals surface area contributed by atoms with Gasteiger partial charge in [0, 0.05) is 23.6 Å². The van der Waals surface area contributed by atoms with E-state index in [0.717, 1.165) is 4.90 Å². The number of hydrogen-bond acceptors (Lipinski definition) is 2. The van der Waals surface area contributed by atoms with E-state index in [9.17, 15) is 9.18 Å². The fraction of sp³-hybridized carbons (Fsp3) is 0.250. The largest absolute Gasteiger partial charge is 0.353 e. The van der Waals surface area contributed by atoms with Crippen LogP contribution in [-0.4, -0.2) is 18.2 Å². The molecule has 1 aromatic carbocycles. The zero-order chi connectivity index (χ0) is 11.8. The van der Waals surface area contributed by atoms with Crippen molar-refractivity contribution in [1.82, 2.24) is 5.32 Å². The lowest BCUT2D eigenvalue weighted by Crippen LogP contribution is -2.23. The highest BCUT2D eigenvalue weighted by molar-refractivity contribution is 7.99. The monoisotopic (exact) mass is 239 g/mol. The summed E-state index contributed by atoms with van der Waals surface area (Å²) in [5, 5.41) is 2.70. The van der Waals surface area contributed by atoms with Gasteiger partial charge in [0.25, 0.3) is 0 Å². The van der Waals surface area contributed by atoms with E-state index < -0.39 is 0 Å². The van der Waals surface area contributed by atoms with Gasteiger partial charge in [-0.25, -0.2) is 4.39 Å². The maximum atomic E-state index is 12.6. The second-order valence-corrected chi connectivity index (χ2v) is 4.31. The number of thioether (sulfide) groups is 1. The summed E-state index contributed by atoms with van der Waals surface area (Å²) >= 11 is 1.54. The predicted octanol–water partition coefficient (Wildman–Crippen LogP) is 2.61. The number of carbonyl (C=O) groups is 1. The van der Waals surface area contributed by atoms with Crippen molar-refractivity contribution in [2.75, 3.05) is 12.3 Å². The molecule has 0 spiro atoms. The smallest absolute Gasteiger partial charge is 0.221 e. The third kappa shape index (κ3) is 4.98. The number of nitrogens with one attached hydrogen (secondary N) is 1. The molecule has 0 saturated heterocycles. The van der Waals surface area contributed by atoms with Crippen molar-refractivity contribution in [3.63, 3.8) is 0 Å². The molecule has 0 unspecified atom stereocenters. The van der Waals surface area contributed by atoms with E-state index >= 15 is 0 Å². The normalized spacial score (nSPS) is 9.81. The van der Waals surface area contributed by atoms with E-state index in [2.05, 4.69) is 11.9 Å². The van der Waals surface area contributed by atoms with E-state index in [1.54, 1.807) is 18.2 Å². The molecule has 0 bridgehead atoms. The molecule has 0 aliphatic carbocycles. The van der Waals surface area contributed by atoms with Gasteiger partial charge in [-0.2, -0.15) is 0 Å². The summed E-state index contributed by atoms with van der Waals surface area (Å²) < 4.78 is 12.6. The minimum absolute atomic E-state index is 0.00881. The number of carbonyl (C=O) groups excluding carboxylic acids is 1. The van der Waals surface area contributed by atoms with Gasteiger partial charge in [-0.3, -0.25) is 4.79 Å². The third-order valence-electron chi connectivity index (χ3n) is 1.86. The summed E-state index contributed by atoms with van der Waals surface area (Å²) in [5.74, 6) is 0.455. The van der Waals surface area contributed by atoms with Crippen LogP contribution in [0.1, 0.15) is 6.42 Å². The van der Waals surface area contributed by atoms with Crippen LogP contribution in [0.3, 0.4) is 0 Å². The molecule has 1 N–H and O–H groups in total. The standard InChI is InChI=1S/C12H14FNOS/c1-2-8-14-12(15)7-9-16-11-5-3-10(13)4-6-11/h2-6H,1,7-9H2,(H,14,15). The number of amides is 1. The van der Waals surface area contributed by atoms with Crippen LogP contribution >= 0.6 is 11.8 Å². The average Bonchev–Trinajstić information content (AvgIpc) is 2.29. The molecule has 0 aliphatic heterocycles. The average molecular weight is 239 g/mol. The molecule has 0 aliphatic rings. The highest BCUT2D eigenvalue weighted by Gasteiger charge is 2.00. The molecule has 16 heavy (non-hydrogen) atoms. The van der Waals surface area contributed by atoms with E-state index in [0.29, 0.717) is 18.7 Å². The fourth-order valence-electron chi connectivity index (χ4n) is 1.07. The number of halogens is 1. The second kappa shape index (κ2) is 7.06. The van der Waals surface area contributed by atoms with Crippen molar-refractivity contribution in [3.8, 4) is 0 Å². The third-order valence-corrected chi connectivity index (χ3v) is 2.87. The van der Waals surface area contributed by atoms with Crippen LogP contribution in [0.25, 0.3) is 0 Å². The molecule has 0 heterocycles. The number of rotatable bonds is 6. The van der Waals surface area contributed by atoms with Crippen molar-refractivity contribution in [2.45, 2.75) is 11.3 Å². The van der Waals surface area contributed by atoms with Crippen LogP contribution in [0.2, 0.25) is 0 Å². The zero-order valence-corrected chi connectivity index (χ0v) is 9.73. The van der Waals surface area contributed by atoms with Gasteiger partial charge in [-0.05, 0) is 24.3 Å². The van der Waals surface area contributed by atoms with Crippen LogP contribution in [0.4, 0.5) is 4.39 Å².